The molecule has 2 saturated heterocycles. The highest BCUT2D eigenvalue weighted by Crippen LogP contribution is 2.60. The average Bonchev–Trinajstić information content (AvgIpc) is 3.48. The van der Waals surface area contributed by atoms with Gasteiger partial charge in [0.2, 0.25) is 0 Å². The van der Waals surface area contributed by atoms with Gasteiger partial charge in [-0.25, -0.2) is 0 Å². The second-order valence-electron chi connectivity index (χ2n) is 9.05. The molecule has 6 rings (SSSR count). The molecule has 140 valence electrons. The highest BCUT2D eigenvalue weighted by molar-refractivity contribution is 5.74. The van der Waals surface area contributed by atoms with Crippen molar-refractivity contribution in [3.05, 3.63) is 35.4 Å². The highest BCUT2D eigenvalue weighted by atomic mass is 16.5. The van der Waals surface area contributed by atoms with Gasteiger partial charge in [-0.2, -0.15) is 0 Å². The fourth-order valence-corrected chi connectivity index (χ4v) is 6.62. The summed E-state index contributed by atoms with van der Waals surface area (Å²) in [6.45, 7) is 5.99. The molecule has 5 atom stereocenters. The Morgan fingerprint density at radius 2 is 2.04 bits per heavy atom. The normalized spacial score (nSPS) is 38.1. The lowest BCUT2D eigenvalue weighted by atomic mass is 9.48. The van der Waals surface area contributed by atoms with Gasteiger partial charge in [0.1, 0.15) is 0 Å². The average molecular weight is 354 g/mol. The third kappa shape index (κ3) is 2.32. The summed E-state index contributed by atoms with van der Waals surface area (Å²) in [7, 11) is 0. The van der Waals surface area contributed by atoms with Crippen LogP contribution in [0.3, 0.4) is 0 Å². The molecule has 3 nitrogen and oxygen atoms in total. The van der Waals surface area contributed by atoms with Gasteiger partial charge in [-0.05, 0) is 68.4 Å². The zero-order chi connectivity index (χ0) is 17.9. The zero-order valence-corrected chi connectivity index (χ0v) is 16.1. The van der Waals surface area contributed by atoms with Gasteiger partial charge in [0.05, 0.1) is 12.5 Å². The predicted octanol–water partition coefficient (Wildman–Crippen LogP) is 3.94. The number of benzene rings is 1. The summed E-state index contributed by atoms with van der Waals surface area (Å²) in [5.41, 5.74) is 3.42. The van der Waals surface area contributed by atoms with Crippen LogP contribution in [-0.4, -0.2) is 36.1 Å². The third-order valence-corrected chi connectivity index (χ3v) is 7.94. The van der Waals surface area contributed by atoms with Crippen LogP contribution in [0.4, 0.5) is 0 Å². The summed E-state index contributed by atoms with van der Waals surface area (Å²) in [5, 5.41) is 0. The zero-order valence-electron chi connectivity index (χ0n) is 16.1. The summed E-state index contributed by atoms with van der Waals surface area (Å²) >= 11 is 0. The van der Waals surface area contributed by atoms with Crippen molar-refractivity contribution in [3.63, 3.8) is 0 Å². The monoisotopic (exact) mass is 353 g/mol. The molecule has 0 aromatic heterocycles. The summed E-state index contributed by atoms with van der Waals surface area (Å²) in [4.78, 5) is 15.5. The molecule has 26 heavy (non-hydrogen) atoms. The second kappa shape index (κ2) is 6.09. The lowest BCUT2D eigenvalue weighted by Crippen LogP contribution is -2.70. The van der Waals surface area contributed by atoms with Gasteiger partial charge in [-0.3, -0.25) is 9.69 Å². The molecule has 2 heterocycles. The van der Waals surface area contributed by atoms with E-state index in [1.54, 1.807) is 11.1 Å². The van der Waals surface area contributed by atoms with E-state index < -0.39 is 0 Å². The lowest BCUT2D eigenvalue weighted by molar-refractivity contribution is -0.168. The molecule has 4 bridgehead atoms. The molecule has 1 aromatic rings. The Bertz CT molecular complexity index is 712. The first kappa shape index (κ1) is 16.8. The number of ether oxygens (including phenoxy) is 1. The number of rotatable bonds is 5. The summed E-state index contributed by atoms with van der Waals surface area (Å²) < 4.78 is 5.50. The van der Waals surface area contributed by atoms with E-state index in [0.717, 1.165) is 18.8 Å². The Labute approximate surface area is 157 Å². The third-order valence-electron chi connectivity index (χ3n) is 7.94. The maximum atomic E-state index is 12.7. The van der Waals surface area contributed by atoms with E-state index in [4.69, 9.17) is 4.74 Å². The molecule has 0 spiro atoms. The molecule has 4 unspecified atom stereocenters. The largest absolute Gasteiger partial charge is 0.466 e. The van der Waals surface area contributed by atoms with Gasteiger partial charge in [-0.15, -0.1) is 0 Å². The fraction of sp³-hybridized carbons (Fsp3) is 0.696. The van der Waals surface area contributed by atoms with Crippen LogP contribution in [0.2, 0.25) is 0 Å². The highest BCUT2D eigenvalue weighted by Gasteiger charge is 2.62. The Morgan fingerprint density at radius 1 is 1.23 bits per heavy atom. The van der Waals surface area contributed by atoms with Gasteiger partial charge in [0.15, 0.2) is 0 Å². The van der Waals surface area contributed by atoms with E-state index >= 15 is 0 Å². The SMILES string of the molecule is CCOC(=O)C1CC2C3Cc4ccccc4[C@]2(CC)CC1N3CC1CC1. The van der Waals surface area contributed by atoms with Crippen LogP contribution >= 0.6 is 0 Å². The number of carbonyl (C=O) groups excluding carboxylic acids is 1. The molecule has 3 aliphatic carbocycles. The number of piperidine rings is 2. The molecule has 1 aromatic carbocycles. The van der Waals surface area contributed by atoms with Crippen molar-refractivity contribution in [3.8, 4) is 0 Å². The number of hydrogen-bond acceptors (Lipinski definition) is 3. The Morgan fingerprint density at radius 3 is 2.77 bits per heavy atom. The van der Waals surface area contributed by atoms with Crippen LogP contribution in [-0.2, 0) is 21.4 Å². The van der Waals surface area contributed by atoms with Crippen LogP contribution < -0.4 is 0 Å². The van der Waals surface area contributed by atoms with Crippen LogP contribution in [0.15, 0.2) is 24.3 Å². The van der Waals surface area contributed by atoms with Gasteiger partial charge in [-0.1, -0.05) is 31.2 Å². The first-order chi connectivity index (χ1) is 12.7. The number of hydrogen-bond donors (Lipinski definition) is 0. The molecule has 2 saturated carbocycles. The van der Waals surface area contributed by atoms with Crippen molar-refractivity contribution in [2.75, 3.05) is 13.2 Å². The Kier molecular flexibility index (Phi) is 3.93. The van der Waals surface area contributed by atoms with Gasteiger partial charge >= 0.3 is 5.97 Å². The minimum atomic E-state index is 0.0558. The number of esters is 1. The van der Waals surface area contributed by atoms with E-state index in [1.165, 1.54) is 32.2 Å². The summed E-state index contributed by atoms with van der Waals surface area (Å²) in [6.07, 6.45) is 7.27. The molecule has 2 aliphatic heterocycles. The van der Waals surface area contributed by atoms with Crippen molar-refractivity contribution >= 4 is 5.97 Å². The van der Waals surface area contributed by atoms with Crippen LogP contribution in [0.5, 0.6) is 0 Å². The van der Waals surface area contributed by atoms with E-state index in [9.17, 15) is 4.79 Å². The summed E-state index contributed by atoms with van der Waals surface area (Å²) in [5.74, 6) is 1.60. The van der Waals surface area contributed by atoms with E-state index in [1.807, 2.05) is 6.92 Å². The molecule has 0 radical (unpaired) electrons. The predicted molar refractivity (Wildman–Crippen MR) is 102 cm³/mol. The topological polar surface area (TPSA) is 29.5 Å². The van der Waals surface area contributed by atoms with Crippen LogP contribution in [0.1, 0.15) is 57.1 Å². The molecular formula is C23H31NO2. The smallest absolute Gasteiger partial charge is 0.310 e. The van der Waals surface area contributed by atoms with Gasteiger partial charge < -0.3 is 4.74 Å². The second-order valence-corrected chi connectivity index (χ2v) is 9.05. The number of nitrogens with zero attached hydrogens (tertiary/aromatic N) is 1. The Balaban J connectivity index is 1.56. The van der Waals surface area contributed by atoms with Gasteiger partial charge in [0, 0.05) is 24.0 Å². The van der Waals surface area contributed by atoms with Gasteiger partial charge in [0.25, 0.3) is 0 Å². The fourth-order valence-electron chi connectivity index (χ4n) is 6.62. The van der Waals surface area contributed by atoms with Crippen molar-refractivity contribution in [2.24, 2.45) is 17.8 Å². The van der Waals surface area contributed by atoms with Crippen molar-refractivity contribution in [1.29, 1.82) is 0 Å². The van der Waals surface area contributed by atoms with Crippen LogP contribution in [0, 0.1) is 17.8 Å². The maximum absolute atomic E-state index is 12.7. The van der Waals surface area contributed by atoms with Crippen LogP contribution in [0.25, 0.3) is 0 Å². The minimum absolute atomic E-state index is 0.0558. The first-order valence-corrected chi connectivity index (χ1v) is 10.7. The van der Waals surface area contributed by atoms with Crippen molar-refractivity contribution in [1.82, 2.24) is 4.90 Å². The summed E-state index contributed by atoms with van der Waals surface area (Å²) in [6, 6.07) is 10.1. The molecule has 0 N–H and O–H groups in total. The maximum Gasteiger partial charge on any atom is 0.310 e. The van der Waals surface area contributed by atoms with E-state index in [2.05, 4.69) is 36.1 Å². The molecule has 4 fully saturated rings. The number of carbonyl (C=O) groups is 1. The minimum Gasteiger partial charge on any atom is -0.466 e. The Hall–Kier alpha value is -1.35. The van der Waals surface area contributed by atoms with E-state index in [-0.39, 0.29) is 17.3 Å². The van der Waals surface area contributed by atoms with Crippen molar-refractivity contribution < 1.29 is 9.53 Å². The number of fused-ring (bicyclic) bond motifs is 2. The van der Waals surface area contributed by atoms with E-state index in [0.29, 0.717) is 24.6 Å². The van der Waals surface area contributed by atoms with Crippen molar-refractivity contribution in [2.45, 2.75) is 69.9 Å². The molecular weight excluding hydrogens is 322 g/mol. The molecule has 3 heteroatoms. The standard InChI is InChI=1S/C23H31NO2/c1-3-23-13-21-17(22(25)26-4-2)12-19(23)20(24(21)14-15-9-10-15)11-16-7-5-6-8-18(16)23/h5-8,15,17,19-21H,3-4,9-14H2,1-2H3/t17?,19?,20?,21?,23-/m0/s1. The first-order valence-electron chi connectivity index (χ1n) is 10.7. The lowest BCUT2D eigenvalue weighted by Gasteiger charge is -2.65. The quantitative estimate of drug-likeness (QED) is 0.751. The molecule has 0 amide bonds. The molecule has 5 aliphatic rings.